The topological polar surface area (TPSA) is 52.7 Å². The summed E-state index contributed by atoms with van der Waals surface area (Å²) >= 11 is 0. The molecule has 3 rings (SSSR count). The summed E-state index contributed by atoms with van der Waals surface area (Å²) in [6.45, 7) is 3.95. The van der Waals surface area contributed by atoms with Crippen LogP contribution < -0.4 is 5.32 Å². The second kappa shape index (κ2) is 7.89. The summed E-state index contributed by atoms with van der Waals surface area (Å²) < 4.78 is 0. The zero-order valence-electron chi connectivity index (χ0n) is 15.3. The number of aryl methyl sites for hydroxylation is 1. The molecule has 1 heterocycles. The first-order chi connectivity index (χ1) is 12.0. The molecule has 25 heavy (non-hydrogen) atoms. The number of carbonyl (C=O) groups is 2. The number of likely N-dealkylation sites (tertiary alicyclic amines) is 1. The van der Waals surface area contributed by atoms with Crippen LogP contribution in [0.4, 0.5) is 4.79 Å². The van der Waals surface area contributed by atoms with E-state index in [0.717, 1.165) is 45.2 Å². The van der Waals surface area contributed by atoms with E-state index in [0.29, 0.717) is 12.5 Å². The first-order valence-corrected chi connectivity index (χ1v) is 9.37. The number of nitrogens with one attached hydrogen (secondary N) is 1. The zero-order chi connectivity index (χ0) is 17.8. The summed E-state index contributed by atoms with van der Waals surface area (Å²) in [7, 11) is 1.91. The molecule has 5 heteroatoms. The van der Waals surface area contributed by atoms with Crippen molar-refractivity contribution in [3.8, 4) is 0 Å². The molecule has 1 aromatic carbocycles. The number of benzene rings is 1. The van der Waals surface area contributed by atoms with Crippen molar-refractivity contribution in [1.82, 2.24) is 15.1 Å². The van der Waals surface area contributed by atoms with Crippen LogP contribution in [-0.4, -0.2) is 54.5 Å². The van der Waals surface area contributed by atoms with E-state index >= 15 is 0 Å². The van der Waals surface area contributed by atoms with E-state index in [1.54, 1.807) is 6.92 Å². The third kappa shape index (κ3) is 4.33. The lowest BCUT2D eigenvalue weighted by atomic mass is 9.88. The Morgan fingerprint density at radius 1 is 1.16 bits per heavy atom. The third-order valence-corrected chi connectivity index (χ3v) is 5.79. The average Bonchev–Trinajstić information content (AvgIpc) is 2.65. The number of piperidine rings is 1. The van der Waals surface area contributed by atoms with Crippen molar-refractivity contribution in [2.24, 2.45) is 5.92 Å². The summed E-state index contributed by atoms with van der Waals surface area (Å²) in [4.78, 5) is 27.7. The van der Waals surface area contributed by atoms with Gasteiger partial charge in [-0.1, -0.05) is 24.3 Å². The number of fused-ring (bicyclic) bond motifs is 1. The number of urea groups is 1. The van der Waals surface area contributed by atoms with Gasteiger partial charge in [-0.3, -0.25) is 4.79 Å². The second-order valence-electron chi connectivity index (χ2n) is 7.41. The Morgan fingerprint density at radius 3 is 2.52 bits per heavy atom. The Labute approximate surface area is 150 Å². The van der Waals surface area contributed by atoms with Crippen LogP contribution in [0.15, 0.2) is 24.3 Å². The number of hydrogen-bond acceptors (Lipinski definition) is 2. The van der Waals surface area contributed by atoms with Crippen molar-refractivity contribution in [2.75, 3.05) is 26.7 Å². The van der Waals surface area contributed by atoms with Crippen molar-refractivity contribution in [3.05, 3.63) is 35.4 Å². The molecule has 2 aliphatic rings. The largest absolute Gasteiger partial charge is 0.343 e. The van der Waals surface area contributed by atoms with E-state index in [-0.39, 0.29) is 18.0 Å². The third-order valence-electron chi connectivity index (χ3n) is 5.79. The molecule has 1 aromatic rings. The lowest BCUT2D eigenvalue weighted by Crippen LogP contribution is -2.48. The van der Waals surface area contributed by atoms with Gasteiger partial charge in [-0.05, 0) is 49.1 Å². The molecule has 1 aliphatic carbocycles. The molecule has 1 aliphatic heterocycles. The predicted octanol–water partition coefficient (Wildman–Crippen LogP) is 2.44. The molecule has 1 atom stereocenters. The molecule has 136 valence electrons. The van der Waals surface area contributed by atoms with E-state index in [9.17, 15) is 9.59 Å². The van der Waals surface area contributed by atoms with Crippen LogP contribution in [0, 0.1) is 5.92 Å². The number of nitrogens with zero attached hydrogens (tertiary/aromatic N) is 2. The van der Waals surface area contributed by atoms with Gasteiger partial charge >= 0.3 is 6.03 Å². The van der Waals surface area contributed by atoms with Gasteiger partial charge in [-0.15, -0.1) is 0 Å². The molecule has 3 amide bonds. The fraction of sp³-hybridized carbons (Fsp3) is 0.600. The fourth-order valence-corrected chi connectivity index (χ4v) is 3.98. The minimum atomic E-state index is 0.0263. The average molecular weight is 343 g/mol. The highest BCUT2D eigenvalue weighted by molar-refractivity contribution is 5.74. The van der Waals surface area contributed by atoms with Crippen molar-refractivity contribution >= 4 is 11.9 Å². The second-order valence-corrected chi connectivity index (χ2v) is 7.41. The standard InChI is InChI=1S/C20H29N3O2/c1-15(24)23-11-9-16(10-12-23)14-21-20(25)22(2)19-8-7-17-5-3-4-6-18(17)13-19/h3-6,16,19H,7-14H2,1-2H3,(H,21,25). The monoisotopic (exact) mass is 343 g/mol. The maximum atomic E-state index is 12.5. The molecular formula is C20H29N3O2. The lowest BCUT2D eigenvalue weighted by Gasteiger charge is -2.34. The van der Waals surface area contributed by atoms with Crippen LogP contribution >= 0.6 is 0 Å². The first-order valence-electron chi connectivity index (χ1n) is 9.37. The van der Waals surface area contributed by atoms with E-state index in [2.05, 4.69) is 29.6 Å². The highest BCUT2D eigenvalue weighted by atomic mass is 16.2. The van der Waals surface area contributed by atoms with Gasteiger partial charge in [0.05, 0.1) is 0 Å². The van der Waals surface area contributed by atoms with Gasteiger partial charge in [0, 0.05) is 39.6 Å². The van der Waals surface area contributed by atoms with Crippen molar-refractivity contribution in [1.29, 1.82) is 0 Å². The summed E-state index contributed by atoms with van der Waals surface area (Å²) in [5.41, 5.74) is 2.79. The maximum absolute atomic E-state index is 12.5. The quantitative estimate of drug-likeness (QED) is 0.916. The molecule has 0 bridgehead atoms. The molecule has 0 radical (unpaired) electrons. The van der Waals surface area contributed by atoms with Crippen molar-refractivity contribution in [3.63, 3.8) is 0 Å². The van der Waals surface area contributed by atoms with Crippen LogP contribution in [0.3, 0.4) is 0 Å². The number of amides is 3. The van der Waals surface area contributed by atoms with Gasteiger partial charge in [0.2, 0.25) is 5.91 Å². The Morgan fingerprint density at radius 2 is 1.84 bits per heavy atom. The van der Waals surface area contributed by atoms with Gasteiger partial charge < -0.3 is 15.1 Å². The molecule has 1 N–H and O–H groups in total. The molecule has 0 aromatic heterocycles. The van der Waals surface area contributed by atoms with Crippen LogP contribution in [0.1, 0.15) is 37.3 Å². The van der Waals surface area contributed by atoms with Gasteiger partial charge in [0.25, 0.3) is 0 Å². The maximum Gasteiger partial charge on any atom is 0.317 e. The molecule has 5 nitrogen and oxygen atoms in total. The van der Waals surface area contributed by atoms with Gasteiger partial charge in [-0.25, -0.2) is 4.79 Å². The van der Waals surface area contributed by atoms with Gasteiger partial charge in [-0.2, -0.15) is 0 Å². The van der Waals surface area contributed by atoms with Gasteiger partial charge in [0.15, 0.2) is 0 Å². The predicted molar refractivity (Wildman–Crippen MR) is 98.4 cm³/mol. The summed E-state index contributed by atoms with van der Waals surface area (Å²) in [6.07, 6.45) is 4.96. The van der Waals surface area contributed by atoms with Crippen molar-refractivity contribution < 1.29 is 9.59 Å². The van der Waals surface area contributed by atoms with E-state index < -0.39 is 0 Å². The Hall–Kier alpha value is -2.04. The van der Waals surface area contributed by atoms with Crippen molar-refractivity contribution in [2.45, 2.75) is 45.1 Å². The number of rotatable bonds is 3. The summed E-state index contributed by atoms with van der Waals surface area (Å²) in [5, 5.41) is 3.10. The fourth-order valence-electron chi connectivity index (χ4n) is 3.98. The van der Waals surface area contributed by atoms with Crippen LogP contribution in [-0.2, 0) is 17.6 Å². The summed E-state index contributed by atoms with van der Waals surface area (Å²) in [5.74, 6) is 0.625. The Kier molecular flexibility index (Phi) is 5.61. The van der Waals surface area contributed by atoms with Crippen LogP contribution in [0.2, 0.25) is 0 Å². The normalized spacial score (nSPS) is 20.7. The molecular weight excluding hydrogens is 314 g/mol. The Bertz CT molecular complexity index is 623. The first kappa shape index (κ1) is 17.8. The highest BCUT2D eigenvalue weighted by Gasteiger charge is 2.26. The van der Waals surface area contributed by atoms with E-state index in [1.807, 2.05) is 16.8 Å². The molecule has 0 spiro atoms. The number of likely N-dealkylation sites (N-methyl/N-ethyl adjacent to an activating group) is 1. The molecule has 1 saturated heterocycles. The minimum Gasteiger partial charge on any atom is -0.343 e. The van der Waals surface area contributed by atoms with Crippen LogP contribution in [0.5, 0.6) is 0 Å². The number of hydrogen-bond donors (Lipinski definition) is 1. The SMILES string of the molecule is CC(=O)N1CCC(CNC(=O)N(C)C2CCc3ccccc3C2)CC1. The zero-order valence-corrected chi connectivity index (χ0v) is 15.3. The lowest BCUT2D eigenvalue weighted by molar-refractivity contribution is -0.130. The smallest absolute Gasteiger partial charge is 0.317 e. The number of carbonyl (C=O) groups excluding carboxylic acids is 2. The molecule has 0 saturated carbocycles. The van der Waals surface area contributed by atoms with E-state index in [1.165, 1.54) is 11.1 Å². The Balaban J connectivity index is 1.45. The minimum absolute atomic E-state index is 0.0263. The van der Waals surface area contributed by atoms with E-state index in [4.69, 9.17) is 0 Å². The van der Waals surface area contributed by atoms with Gasteiger partial charge in [0.1, 0.15) is 0 Å². The highest BCUT2D eigenvalue weighted by Crippen LogP contribution is 2.24. The molecule has 1 fully saturated rings. The summed E-state index contributed by atoms with van der Waals surface area (Å²) in [6, 6.07) is 8.84. The van der Waals surface area contributed by atoms with Crippen LogP contribution in [0.25, 0.3) is 0 Å². The molecule has 1 unspecified atom stereocenters.